The number of anilines is 2. The van der Waals surface area contributed by atoms with Crippen LogP contribution in [0.25, 0.3) is 0 Å². The SMILES string of the molecule is Cc1cc(N)ccc1NC(=O)C1CCSC1. The first-order valence-corrected chi connectivity index (χ1v) is 6.57. The summed E-state index contributed by atoms with van der Waals surface area (Å²) in [5.74, 6) is 2.35. The van der Waals surface area contributed by atoms with Crippen LogP contribution < -0.4 is 11.1 Å². The van der Waals surface area contributed by atoms with Gasteiger partial charge in [0, 0.05) is 23.0 Å². The highest BCUT2D eigenvalue weighted by Gasteiger charge is 2.23. The van der Waals surface area contributed by atoms with Gasteiger partial charge in [0.25, 0.3) is 0 Å². The van der Waals surface area contributed by atoms with Gasteiger partial charge in [-0.05, 0) is 42.9 Å². The highest BCUT2D eigenvalue weighted by Crippen LogP contribution is 2.25. The number of hydrogen-bond acceptors (Lipinski definition) is 3. The summed E-state index contributed by atoms with van der Waals surface area (Å²) in [6, 6.07) is 5.55. The molecule has 3 nitrogen and oxygen atoms in total. The van der Waals surface area contributed by atoms with E-state index in [4.69, 9.17) is 5.73 Å². The molecular formula is C12H16N2OS. The van der Waals surface area contributed by atoms with Crippen LogP contribution in [-0.2, 0) is 4.79 Å². The molecular weight excluding hydrogens is 220 g/mol. The van der Waals surface area contributed by atoms with E-state index in [0.29, 0.717) is 0 Å². The van der Waals surface area contributed by atoms with Crippen molar-refractivity contribution in [1.29, 1.82) is 0 Å². The Morgan fingerprint density at radius 1 is 1.56 bits per heavy atom. The lowest BCUT2D eigenvalue weighted by Crippen LogP contribution is -2.22. The Hall–Kier alpha value is -1.16. The van der Waals surface area contributed by atoms with E-state index in [2.05, 4.69) is 5.32 Å². The molecule has 1 saturated heterocycles. The molecule has 3 N–H and O–H groups in total. The number of hydrogen-bond donors (Lipinski definition) is 2. The van der Waals surface area contributed by atoms with Crippen LogP contribution >= 0.6 is 11.8 Å². The Labute approximate surface area is 99.8 Å². The summed E-state index contributed by atoms with van der Waals surface area (Å²) in [5, 5.41) is 2.97. The molecule has 86 valence electrons. The zero-order chi connectivity index (χ0) is 11.5. The van der Waals surface area contributed by atoms with Gasteiger partial charge in [0.1, 0.15) is 0 Å². The molecule has 1 atom stereocenters. The van der Waals surface area contributed by atoms with E-state index < -0.39 is 0 Å². The lowest BCUT2D eigenvalue weighted by atomic mass is 10.1. The molecule has 2 rings (SSSR count). The van der Waals surface area contributed by atoms with Crippen LogP contribution in [-0.4, -0.2) is 17.4 Å². The van der Waals surface area contributed by atoms with Gasteiger partial charge in [0.15, 0.2) is 0 Å². The van der Waals surface area contributed by atoms with Crippen LogP contribution in [0.2, 0.25) is 0 Å². The van der Waals surface area contributed by atoms with Crippen molar-refractivity contribution in [1.82, 2.24) is 0 Å². The van der Waals surface area contributed by atoms with Gasteiger partial charge < -0.3 is 11.1 Å². The Morgan fingerprint density at radius 2 is 2.38 bits per heavy atom. The molecule has 1 aromatic rings. The zero-order valence-electron chi connectivity index (χ0n) is 9.32. The number of nitrogens with one attached hydrogen (secondary N) is 1. The van der Waals surface area contributed by atoms with E-state index in [1.165, 1.54) is 0 Å². The second kappa shape index (κ2) is 4.78. The van der Waals surface area contributed by atoms with Crippen LogP contribution in [0, 0.1) is 12.8 Å². The van der Waals surface area contributed by atoms with Crippen molar-refractivity contribution in [3.63, 3.8) is 0 Å². The first-order valence-electron chi connectivity index (χ1n) is 5.41. The maximum Gasteiger partial charge on any atom is 0.228 e. The molecule has 0 spiro atoms. The molecule has 0 aliphatic carbocycles. The average Bonchev–Trinajstić information content (AvgIpc) is 2.75. The monoisotopic (exact) mass is 236 g/mol. The van der Waals surface area contributed by atoms with Crippen molar-refractivity contribution < 1.29 is 4.79 Å². The summed E-state index contributed by atoms with van der Waals surface area (Å²) >= 11 is 1.85. The third-order valence-corrected chi connectivity index (χ3v) is 3.97. The van der Waals surface area contributed by atoms with E-state index in [1.807, 2.05) is 36.9 Å². The fourth-order valence-corrected chi connectivity index (χ4v) is 3.02. The van der Waals surface area contributed by atoms with Crippen LogP contribution in [0.1, 0.15) is 12.0 Å². The molecule has 0 radical (unpaired) electrons. The maximum absolute atomic E-state index is 11.9. The molecule has 0 bridgehead atoms. The molecule has 0 saturated carbocycles. The summed E-state index contributed by atoms with van der Waals surface area (Å²) in [6.45, 7) is 1.95. The van der Waals surface area contributed by atoms with Gasteiger partial charge in [0.2, 0.25) is 5.91 Å². The van der Waals surface area contributed by atoms with E-state index >= 15 is 0 Å². The van der Waals surface area contributed by atoms with Gasteiger partial charge >= 0.3 is 0 Å². The Balaban J connectivity index is 2.05. The topological polar surface area (TPSA) is 55.1 Å². The molecule has 1 amide bonds. The predicted molar refractivity (Wildman–Crippen MR) is 69.7 cm³/mol. The third-order valence-electron chi connectivity index (χ3n) is 2.81. The summed E-state index contributed by atoms with van der Waals surface area (Å²) in [4.78, 5) is 11.9. The number of amides is 1. The van der Waals surface area contributed by atoms with Gasteiger partial charge in [-0.2, -0.15) is 11.8 Å². The number of aryl methyl sites for hydroxylation is 1. The zero-order valence-corrected chi connectivity index (χ0v) is 10.1. The van der Waals surface area contributed by atoms with Crippen molar-refractivity contribution in [3.8, 4) is 0 Å². The van der Waals surface area contributed by atoms with E-state index in [-0.39, 0.29) is 11.8 Å². The number of rotatable bonds is 2. The smallest absolute Gasteiger partial charge is 0.228 e. The summed E-state index contributed by atoms with van der Waals surface area (Å²) in [5.41, 5.74) is 8.28. The molecule has 1 aliphatic heterocycles. The first-order chi connectivity index (χ1) is 7.66. The quantitative estimate of drug-likeness (QED) is 0.774. The lowest BCUT2D eigenvalue weighted by molar-refractivity contribution is -0.119. The highest BCUT2D eigenvalue weighted by molar-refractivity contribution is 7.99. The summed E-state index contributed by atoms with van der Waals surface area (Å²) < 4.78 is 0. The van der Waals surface area contributed by atoms with Crippen molar-refractivity contribution in [2.75, 3.05) is 22.6 Å². The van der Waals surface area contributed by atoms with Gasteiger partial charge in [-0.3, -0.25) is 4.79 Å². The number of carbonyl (C=O) groups excluding carboxylic acids is 1. The molecule has 1 unspecified atom stereocenters. The van der Waals surface area contributed by atoms with Crippen LogP contribution in [0.15, 0.2) is 18.2 Å². The minimum Gasteiger partial charge on any atom is -0.399 e. The van der Waals surface area contributed by atoms with Crippen LogP contribution in [0.4, 0.5) is 11.4 Å². The number of thioether (sulfide) groups is 1. The molecule has 1 aliphatic rings. The highest BCUT2D eigenvalue weighted by atomic mass is 32.2. The van der Waals surface area contributed by atoms with Gasteiger partial charge in [-0.1, -0.05) is 0 Å². The second-order valence-electron chi connectivity index (χ2n) is 4.12. The molecule has 1 aromatic carbocycles. The number of benzene rings is 1. The normalized spacial score (nSPS) is 19.7. The van der Waals surface area contributed by atoms with Crippen molar-refractivity contribution in [3.05, 3.63) is 23.8 Å². The lowest BCUT2D eigenvalue weighted by Gasteiger charge is -2.12. The fraction of sp³-hybridized carbons (Fsp3) is 0.417. The summed E-state index contributed by atoms with van der Waals surface area (Å²) in [6.07, 6.45) is 0.991. The summed E-state index contributed by atoms with van der Waals surface area (Å²) in [7, 11) is 0. The number of nitrogen functional groups attached to an aromatic ring is 1. The Kier molecular flexibility index (Phi) is 3.39. The van der Waals surface area contributed by atoms with E-state index in [0.717, 1.165) is 34.9 Å². The van der Waals surface area contributed by atoms with E-state index in [1.54, 1.807) is 0 Å². The standard InChI is InChI=1S/C12H16N2OS/c1-8-6-10(13)2-3-11(8)14-12(15)9-4-5-16-7-9/h2-3,6,9H,4-5,7,13H2,1H3,(H,14,15). The second-order valence-corrected chi connectivity index (χ2v) is 5.27. The largest absolute Gasteiger partial charge is 0.399 e. The molecule has 16 heavy (non-hydrogen) atoms. The minimum absolute atomic E-state index is 0.137. The number of carbonyl (C=O) groups is 1. The van der Waals surface area contributed by atoms with Crippen molar-refractivity contribution in [2.45, 2.75) is 13.3 Å². The molecule has 4 heteroatoms. The first kappa shape index (κ1) is 11.3. The fourth-order valence-electron chi connectivity index (χ4n) is 1.80. The van der Waals surface area contributed by atoms with Gasteiger partial charge in [0.05, 0.1) is 0 Å². The predicted octanol–water partition coefficient (Wildman–Crippen LogP) is 2.27. The Morgan fingerprint density at radius 3 is 3.00 bits per heavy atom. The average molecular weight is 236 g/mol. The molecule has 1 heterocycles. The van der Waals surface area contributed by atoms with Gasteiger partial charge in [-0.25, -0.2) is 0 Å². The minimum atomic E-state index is 0.137. The van der Waals surface area contributed by atoms with Gasteiger partial charge in [-0.15, -0.1) is 0 Å². The van der Waals surface area contributed by atoms with Crippen molar-refractivity contribution >= 4 is 29.0 Å². The van der Waals surface area contributed by atoms with Crippen LogP contribution in [0.5, 0.6) is 0 Å². The number of nitrogens with two attached hydrogens (primary N) is 1. The third kappa shape index (κ3) is 2.50. The maximum atomic E-state index is 11.9. The molecule has 0 aromatic heterocycles. The van der Waals surface area contributed by atoms with Crippen molar-refractivity contribution in [2.24, 2.45) is 5.92 Å². The molecule has 1 fully saturated rings. The Bertz CT molecular complexity index is 400. The van der Waals surface area contributed by atoms with E-state index in [9.17, 15) is 4.79 Å². The van der Waals surface area contributed by atoms with Crippen LogP contribution in [0.3, 0.4) is 0 Å².